The summed E-state index contributed by atoms with van der Waals surface area (Å²) in [4.78, 5) is 0. The molecular weight excluding hydrogens is 327 g/mol. The van der Waals surface area contributed by atoms with Gasteiger partial charge in [-0.05, 0) is 6.42 Å². The first-order valence-electron chi connectivity index (χ1n) is 5.07. The van der Waals surface area contributed by atoms with E-state index in [9.17, 15) is 16.8 Å². The van der Waals surface area contributed by atoms with Crippen LogP contribution in [0.4, 0.5) is 0 Å². The largest absolute Gasteiger partial charge is 0.229 e. The minimum Gasteiger partial charge on any atom is -0.229 e. The van der Waals surface area contributed by atoms with E-state index in [0.717, 1.165) is 0 Å². The van der Waals surface area contributed by atoms with Crippen molar-refractivity contribution in [2.24, 2.45) is 0 Å². The molecule has 0 aliphatic carbocycles. The molecule has 100 valence electrons. The van der Waals surface area contributed by atoms with E-state index in [1.807, 2.05) is 0 Å². The lowest BCUT2D eigenvalue weighted by atomic mass is 10.3. The molecule has 2 rings (SSSR count). The SMILES string of the molecule is O=S1(=O)C[C@H](Cl)[C@H](S[C@@H]2CCS(=O)(=O)[C@H]2Cl)C1. The maximum atomic E-state index is 11.5. The molecule has 0 radical (unpaired) electrons. The Bertz CT molecular complexity index is 501. The predicted molar refractivity (Wildman–Crippen MR) is 71.5 cm³/mol. The zero-order chi connectivity index (χ0) is 12.8. The number of alkyl halides is 2. The molecule has 0 amide bonds. The van der Waals surface area contributed by atoms with Crippen LogP contribution in [0.5, 0.6) is 0 Å². The second-order valence-electron chi connectivity index (χ2n) is 4.31. The summed E-state index contributed by atoms with van der Waals surface area (Å²) in [5, 5.41) is -0.945. The number of rotatable bonds is 2. The van der Waals surface area contributed by atoms with Crippen LogP contribution in [-0.4, -0.2) is 54.7 Å². The van der Waals surface area contributed by atoms with Crippen LogP contribution in [0.1, 0.15) is 6.42 Å². The number of halogens is 2. The zero-order valence-electron chi connectivity index (χ0n) is 8.75. The van der Waals surface area contributed by atoms with Gasteiger partial charge in [-0.3, -0.25) is 0 Å². The van der Waals surface area contributed by atoms with Crippen LogP contribution in [-0.2, 0) is 19.7 Å². The fraction of sp³-hybridized carbons (Fsp3) is 1.00. The molecule has 0 N–H and O–H groups in total. The van der Waals surface area contributed by atoms with E-state index < -0.39 is 29.8 Å². The zero-order valence-corrected chi connectivity index (χ0v) is 12.7. The fourth-order valence-corrected chi connectivity index (χ4v) is 9.52. The van der Waals surface area contributed by atoms with Crippen LogP contribution in [0, 0.1) is 0 Å². The van der Waals surface area contributed by atoms with Crippen LogP contribution in [0.25, 0.3) is 0 Å². The maximum absolute atomic E-state index is 11.5. The van der Waals surface area contributed by atoms with Gasteiger partial charge < -0.3 is 0 Å². The highest BCUT2D eigenvalue weighted by Gasteiger charge is 2.44. The minimum absolute atomic E-state index is 0.0198. The molecule has 2 aliphatic rings. The van der Waals surface area contributed by atoms with Crippen LogP contribution in [0.2, 0.25) is 0 Å². The first-order valence-corrected chi connectivity index (χ1v) is 10.4. The van der Waals surface area contributed by atoms with Gasteiger partial charge in [-0.2, -0.15) is 0 Å². The fourth-order valence-electron chi connectivity index (χ4n) is 2.01. The van der Waals surface area contributed by atoms with E-state index in [1.54, 1.807) is 0 Å². The van der Waals surface area contributed by atoms with Crippen molar-refractivity contribution in [1.82, 2.24) is 0 Å². The van der Waals surface area contributed by atoms with Crippen molar-refractivity contribution < 1.29 is 16.8 Å². The van der Waals surface area contributed by atoms with Crippen molar-refractivity contribution in [2.75, 3.05) is 17.3 Å². The Morgan fingerprint density at radius 2 is 1.65 bits per heavy atom. The summed E-state index contributed by atoms with van der Waals surface area (Å²) in [6.45, 7) is 0. The molecule has 2 saturated heterocycles. The van der Waals surface area contributed by atoms with Gasteiger partial charge in [0.05, 0.1) is 22.6 Å². The summed E-state index contributed by atoms with van der Waals surface area (Å²) >= 11 is 13.1. The molecule has 9 heteroatoms. The second-order valence-corrected chi connectivity index (χ2v) is 11.5. The molecule has 2 aliphatic heterocycles. The molecule has 0 bridgehead atoms. The number of hydrogen-bond donors (Lipinski definition) is 0. The van der Waals surface area contributed by atoms with Crippen LogP contribution in [0.3, 0.4) is 0 Å². The van der Waals surface area contributed by atoms with Crippen molar-refractivity contribution in [1.29, 1.82) is 0 Å². The van der Waals surface area contributed by atoms with Gasteiger partial charge in [0.1, 0.15) is 4.71 Å². The molecule has 4 atom stereocenters. The van der Waals surface area contributed by atoms with E-state index in [1.165, 1.54) is 11.8 Å². The lowest BCUT2D eigenvalue weighted by Crippen LogP contribution is -2.24. The Morgan fingerprint density at radius 3 is 2.06 bits per heavy atom. The number of thioether (sulfide) groups is 1. The van der Waals surface area contributed by atoms with E-state index >= 15 is 0 Å². The quantitative estimate of drug-likeness (QED) is 0.699. The minimum atomic E-state index is -3.21. The predicted octanol–water partition coefficient (Wildman–Crippen LogP) is 0.876. The van der Waals surface area contributed by atoms with Crippen LogP contribution in [0.15, 0.2) is 0 Å². The lowest BCUT2D eigenvalue weighted by Gasteiger charge is -2.18. The van der Waals surface area contributed by atoms with Gasteiger partial charge in [-0.15, -0.1) is 35.0 Å². The third-order valence-electron chi connectivity index (χ3n) is 2.91. The summed E-state index contributed by atoms with van der Waals surface area (Å²) in [6, 6.07) is 0. The van der Waals surface area contributed by atoms with Crippen molar-refractivity contribution in [3.05, 3.63) is 0 Å². The Kier molecular flexibility index (Phi) is 3.97. The average Bonchev–Trinajstić information content (AvgIpc) is 2.57. The number of hydrogen-bond acceptors (Lipinski definition) is 5. The second kappa shape index (κ2) is 4.74. The molecule has 2 fully saturated rings. The third-order valence-corrected chi connectivity index (χ3v) is 10.6. The first kappa shape index (κ1) is 14.2. The van der Waals surface area contributed by atoms with E-state index in [-0.39, 0.29) is 27.8 Å². The van der Waals surface area contributed by atoms with Gasteiger partial charge in [-0.25, -0.2) is 16.8 Å². The molecular formula is C8H12Cl2O4S3. The molecule has 0 spiro atoms. The molecule has 4 nitrogen and oxygen atoms in total. The van der Waals surface area contributed by atoms with Crippen LogP contribution < -0.4 is 0 Å². The van der Waals surface area contributed by atoms with Gasteiger partial charge in [0.2, 0.25) is 0 Å². The molecule has 17 heavy (non-hydrogen) atoms. The van der Waals surface area contributed by atoms with E-state index in [0.29, 0.717) is 6.42 Å². The summed E-state index contributed by atoms with van der Waals surface area (Å²) in [5.74, 6) is 0.0654. The first-order chi connectivity index (χ1) is 7.71. The summed E-state index contributed by atoms with van der Waals surface area (Å²) in [6.07, 6.45) is 0.474. The summed E-state index contributed by atoms with van der Waals surface area (Å²) < 4.78 is 44.8. The molecule has 0 unspecified atom stereocenters. The van der Waals surface area contributed by atoms with Gasteiger partial charge in [0, 0.05) is 10.5 Å². The Hall–Kier alpha value is 0.830. The van der Waals surface area contributed by atoms with E-state index in [2.05, 4.69) is 0 Å². The van der Waals surface area contributed by atoms with Gasteiger partial charge in [-0.1, -0.05) is 0 Å². The van der Waals surface area contributed by atoms with Crippen molar-refractivity contribution in [2.45, 2.75) is 27.0 Å². The topological polar surface area (TPSA) is 68.3 Å². The highest BCUT2D eigenvalue weighted by molar-refractivity contribution is 8.04. The average molecular weight is 339 g/mol. The molecule has 0 aromatic rings. The number of sulfone groups is 2. The van der Waals surface area contributed by atoms with Crippen molar-refractivity contribution >= 4 is 54.6 Å². The maximum Gasteiger partial charge on any atom is 0.168 e. The molecule has 2 heterocycles. The van der Waals surface area contributed by atoms with Crippen LogP contribution >= 0.6 is 35.0 Å². The van der Waals surface area contributed by atoms with Crippen molar-refractivity contribution in [3.63, 3.8) is 0 Å². The standard InChI is InChI=1S/C8H12Cl2O4S3/c9-5-3-16(11,12)4-7(5)15-6-1-2-17(13,14)8(6)10/h5-8H,1-4H2/t5-,6+,7+,8+/m0/s1. The smallest absolute Gasteiger partial charge is 0.168 e. The van der Waals surface area contributed by atoms with Gasteiger partial charge >= 0.3 is 0 Å². The summed E-state index contributed by atoms with van der Waals surface area (Å²) in [7, 11) is -6.29. The van der Waals surface area contributed by atoms with Crippen molar-refractivity contribution in [3.8, 4) is 0 Å². The third kappa shape index (κ3) is 3.05. The monoisotopic (exact) mass is 338 g/mol. The highest BCUT2D eigenvalue weighted by atomic mass is 35.5. The Labute approximate surface area is 115 Å². The molecule has 0 saturated carbocycles. The van der Waals surface area contributed by atoms with E-state index in [4.69, 9.17) is 23.2 Å². The van der Waals surface area contributed by atoms with Gasteiger partial charge in [0.15, 0.2) is 19.7 Å². The molecule has 0 aromatic heterocycles. The Morgan fingerprint density at radius 1 is 1.00 bits per heavy atom. The van der Waals surface area contributed by atoms with Gasteiger partial charge in [0.25, 0.3) is 0 Å². The molecule has 0 aromatic carbocycles. The normalized spacial score (nSPS) is 43.9. The highest BCUT2D eigenvalue weighted by Crippen LogP contribution is 2.39. The lowest BCUT2D eigenvalue weighted by molar-refractivity contribution is 0.599. The summed E-state index contributed by atoms with van der Waals surface area (Å²) in [5.41, 5.74) is 0. The Balaban J connectivity index is 2.04.